The van der Waals surface area contributed by atoms with E-state index in [1.165, 1.54) is 0 Å². The number of amides is 3. The minimum atomic E-state index is -0.499. The number of nitrogens with one attached hydrogen (secondary N) is 1. The first-order valence-corrected chi connectivity index (χ1v) is 12.3. The van der Waals surface area contributed by atoms with Crippen molar-refractivity contribution in [3.8, 4) is 11.5 Å². The largest absolute Gasteiger partial charge is 0.493 e. The van der Waals surface area contributed by atoms with Crippen LogP contribution in [0.25, 0.3) is 6.08 Å². The zero-order chi connectivity index (χ0) is 24.1. The van der Waals surface area contributed by atoms with E-state index < -0.39 is 17.1 Å². The molecule has 1 saturated heterocycles. The van der Waals surface area contributed by atoms with Crippen LogP contribution < -0.4 is 14.8 Å². The summed E-state index contributed by atoms with van der Waals surface area (Å²) in [5.41, 5.74) is 3.26. The predicted octanol–water partition coefficient (Wildman–Crippen LogP) is 5.38. The first-order valence-electron chi connectivity index (χ1n) is 10.4. The van der Waals surface area contributed by atoms with Gasteiger partial charge in [0.1, 0.15) is 6.54 Å². The summed E-state index contributed by atoms with van der Waals surface area (Å²) in [5, 5.41) is 2.30. The van der Waals surface area contributed by atoms with E-state index in [1.807, 2.05) is 45.0 Å². The Kier molecular flexibility index (Phi) is 8.41. The van der Waals surface area contributed by atoms with Crippen molar-refractivity contribution < 1.29 is 23.9 Å². The summed E-state index contributed by atoms with van der Waals surface area (Å²) in [6, 6.07) is 9.32. The summed E-state index contributed by atoms with van der Waals surface area (Å²) in [7, 11) is 1.55. The van der Waals surface area contributed by atoms with Gasteiger partial charge in [0.15, 0.2) is 11.5 Å². The van der Waals surface area contributed by atoms with Crippen molar-refractivity contribution in [2.75, 3.05) is 25.6 Å². The summed E-state index contributed by atoms with van der Waals surface area (Å²) < 4.78 is 12.0. The molecule has 0 aromatic heterocycles. The van der Waals surface area contributed by atoms with Crippen LogP contribution in [0, 0.1) is 17.4 Å². The maximum absolute atomic E-state index is 12.9. The topological polar surface area (TPSA) is 84.9 Å². The first-order chi connectivity index (χ1) is 15.7. The molecule has 0 radical (unpaired) electrons. The smallest absolute Gasteiger partial charge is 0.294 e. The SMILES string of the molecule is CCCOc1c(I)cc(/C=C2\SC(=O)N(CC(=O)Nc3cc(C)ccc3C)C2=O)cc1OC. The van der Waals surface area contributed by atoms with Crippen molar-refractivity contribution >= 4 is 63.2 Å². The van der Waals surface area contributed by atoms with Gasteiger partial charge in [-0.1, -0.05) is 19.1 Å². The maximum atomic E-state index is 12.9. The summed E-state index contributed by atoms with van der Waals surface area (Å²) >= 11 is 2.96. The predicted molar refractivity (Wildman–Crippen MR) is 139 cm³/mol. The molecule has 33 heavy (non-hydrogen) atoms. The third-order valence-electron chi connectivity index (χ3n) is 4.84. The van der Waals surface area contributed by atoms with Gasteiger partial charge in [-0.3, -0.25) is 19.3 Å². The van der Waals surface area contributed by atoms with Crippen LogP contribution in [0.5, 0.6) is 11.5 Å². The van der Waals surface area contributed by atoms with E-state index in [0.717, 1.165) is 37.8 Å². The molecule has 1 aliphatic heterocycles. The Morgan fingerprint density at radius 2 is 1.97 bits per heavy atom. The molecule has 3 rings (SSSR count). The average Bonchev–Trinajstić information content (AvgIpc) is 3.02. The third-order valence-corrected chi connectivity index (χ3v) is 6.55. The van der Waals surface area contributed by atoms with Crippen molar-refractivity contribution in [1.29, 1.82) is 0 Å². The average molecular weight is 580 g/mol. The fourth-order valence-electron chi connectivity index (χ4n) is 3.16. The van der Waals surface area contributed by atoms with Crippen LogP contribution in [0.3, 0.4) is 0 Å². The minimum Gasteiger partial charge on any atom is -0.493 e. The summed E-state index contributed by atoms with van der Waals surface area (Å²) in [4.78, 5) is 39.0. The number of carbonyl (C=O) groups excluding carboxylic acids is 3. The second kappa shape index (κ2) is 11.1. The molecule has 0 unspecified atom stereocenters. The van der Waals surface area contributed by atoms with Crippen molar-refractivity contribution in [3.05, 3.63) is 55.5 Å². The lowest BCUT2D eigenvalue weighted by Gasteiger charge is -2.14. The van der Waals surface area contributed by atoms with Gasteiger partial charge < -0.3 is 14.8 Å². The van der Waals surface area contributed by atoms with Gasteiger partial charge in [0.05, 0.1) is 22.2 Å². The van der Waals surface area contributed by atoms with E-state index in [-0.39, 0.29) is 11.4 Å². The Morgan fingerprint density at radius 1 is 1.21 bits per heavy atom. The van der Waals surface area contributed by atoms with Gasteiger partial charge in [-0.2, -0.15) is 0 Å². The standard InChI is InChI=1S/C24H25IN2O5S/c1-5-8-32-22-17(25)10-16(11-19(22)31-4)12-20-23(29)27(24(30)33-20)13-21(28)26-18-9-14(2)6-7-15(18)3/h6-7,9-12H,5,8,13H2,1-4H3,(H,26,28)/b20-12-. The molecular formula is C24H25IN2O5S. The maximum Gasteiger partial charge on any atom is 0.294 e. The number of halogens is 1. The zero-order valence-corrected chi connectivity index (χ0v) is 21.8. The van der Waals surface area contributed by atoms with E-state index in [0.29, 0.717) is 29.4 Å². The number of rotatable bonds is 8. The highest BCUT2D eigenvalue weighted by Gasteiger charge is 2.36. The molecular weight excluding hydrogens is 555 g/mol. The number of aryl methyl sites for hydroxylation is 2. The summed E-state index contributed by atoms with van der Waals surface area (Å²) in [5.74, 6) is 0.268. The van der Waals surface area contributed by atoms with Gasteiger partial charge in [0.2, 0.25) is 5.91 Å². The molecule has 2 aromatic rings. The summed E-state index contributed by atoms with van der Waals surface area (Å²) in [6.45, 7) is 6.04. The molecule has 2 aromatic carbocycles. The third kappa shape index (κ3) is 6.08. The molecule has 0 atom stereocenters. The molecule has 1 aliphatic rings. The number of thioether (sulfide) groups is 1. The van der Waals surface area contributed by atoms with Crippen molar-refractivity contribution in [1.82, 2.24) is 4.90 Å². The first kappa shape index (κ1) is 25.1. The van der Waals surface area contributed by atoms with Crippen LogP contribution in [0.1, 0.15) is 30.0 Å². The van der Waals surface area contributed by atoms with Crippen LogP contribution >= 0.6 is 34.4 Å². The Labute approximate surface area is 211 Å². The number of benzene rings is 2. The van der Waals surface area contributed by atoms with Crippen molar-refractivity contribution in [2.24, 2.45) is 0 Å². The summed E-state index contributed by atoms with van der Waals surface area (Å²) in [6.07, 6.45) is 2.49. The quantitative estimate of drug-likeness (QED) is 0.334. The van der Waals surface area contributed by atoms with Crippen LogP contribution in [-0.4, -0.2) is 42.2 Å². The Bertz CT molecular complexity index is 1130. The Balaban J connectivity index is 1.76. The number of ether oxygens (including phenoxy) is 2. The zero-order valence-electron chi connectivity index (χ0n) is 18.9. The van der Waals surface area contributed by atoms with Crippen molar-refractivity contribution in [3.63, 3.8) is 0 Å². The number of imide groups is 1. The molecule has 9 heteroatoms. The highest BCUT2D eigenvalue weighted by atomic mass is 127. The second-order valence-corrected chi connectivity index (χ2v) is 9.67. The molecule has 3 amide bonds. The van der Waals surface area contributed by atoms with Gasteiger partial charge in [-0.15, -0.1) is 0 Å². The van der Waals surface area contributed by atoms with E-state index in [2.05, 4.69) is 27.9 Å². The van der Waals surface area contributed by atoms with E-state index in [4.69, 9.17) is 9.47 Å². The lowest BCUT2D eigenvalue weighted by molar-refractivity contribution is -0.127. The number of nitrogens with zero attached hydrogens (tertiary/aromatic N) is 1. The molecule has 0 saturated carbocycles. The minimum absolute atomic E-state index is 0.250. The molecule has 7 nitrogen and oxygen atoms in total. The lowest BCUT2D eigenvalue weighted by Crippen LogP contribution is -2.36. The van der Waals surface area contributed by atoms with E-state index in [1.54, 1.807) is 19.3 Å². The fraction of sp³-hybridized carbons (Fsp3) is 0.292. The van der Waals surface area contributed by atoms with Gasteiger partial charge in [-0.25, -0.2) is 0 Å². The van der Waals surface area contributed by atoms with Crippen LogP contribution in [0.4, 0.5) is 10.5 Å². The van der Waals surface area contributed by atoms with E-state index >= 15 is 0 Å². The van der Waals surface area contributed by atoms with Crippen LogP contribution in [-0.2, 0) is 9.59 Å². The van der Waals surface area contributed by atoms with Gasteiger partial charge >= 0.3 is 0 Å². The molecule has 174 valence electrons. The molecule has 0 aliphatic carbocycles. The number of carbonyl (C=O) groups is 3. The fourth-order valence-corrected chi connectivity index (χ4v) is 4.78. The number of anilines is 1. The second-order valence-electron chi connectivity index (χ2n) is 7.52. The van der Waals surface area contributed by atoms with Gasteiger partial charge in [0, 0.05) is 5.69 Å². The normalized spacial score (nSPS) is 14.7. The molecule has 0 bridgehead atoms. The Morgan fingerprint density at radius 3 is 2.67 bits per heavy atom. The molecule has 1 fully saturated rings. The number of methoxy groups -OCH3 is 1. The molecule has 1 heterocycles. The highest BCUT2D eigenvalue weighted by molar-refractivity contribution is 14.1. The highest BCUT2D eigenvalue weighted by Crippen LogP contribution is 2.37. The van der Waals surface area contributed by atoms with E-state index in [9.17, 15) is 14.4 Å². The number of hydrogen-bond donors (Lipinski definition) is 1. The van der Waals surface area contributed by atoms with Gasteiger partial charge in [-0.05, 0) is 95.6 Å². The van der Waals surface area contributed by atoms with Crippen LogP contribution in [0.2, 0.25) is 0 Å². The van der Waals surface area contributed by atoms with Crippen molar-refractivity contribution in [2.45, 2.75) is 27.2 Å². The molecule has 0 spiro atoms. The monoisotopic (exact) mass is 580 g/mol. The number of hydrogen-bond acceptors (Lipinski definition) is 6. The van der Waals surface area contributed by atoms with Crippen LogP contribution in [0.15, 0.2) is 35.2 Å². The molecule has 1 N–H and O–H groups in total. The lowest BCUT2D eigenvalue weighted by atomic mass is 10.1. The Hall–Kier alpha value is -2.53. The van der Waals surface area contributed by atoms with Gasteiger partial charge in [0.25, 0.3) is 11.1 Å².